The van der Waals surface area contributed by atoms with E-state index in [1.54, 1.807) is 7.05 Å². The van der Waals surface area contributed by atoms with Crippen LogP contribution in [0.3, 0.4) is 0 Å². The Morgan fingerprint density at radius 3 is 2.37 bits per heavy atom. The number of anilines is 2. The molecule has 1 aromatic heterocycles. The second-order valence-corrected chi connectivity index (χ2v) is 6.95. The molecule has 0 amide bonds. The summed E-state index contributed by atoms with van der Waals surface area (Å²) in [4.78, 5) is 3.86. The van der Waals surface area contributed by atoms with Crippen LogP contribution >= 0.6 is 31.9 Å². The van der Waals surface area contributed by atoms with Gasteiger partial charge in [0, 0.05) is 21.7 Å². The van der Waals surface area contributed by atoms with E-state index in [2.05, 4.69) is 46.7 Å². The van der Waals surface area contributed by atoms with E-state index in [0.29, 0.717) is 14.6 Å². The molecule has 7 nitrogen and oxygen atoms in total. The smallest absolute Gasteiger partial charge is 0.266 e. The summed E-state index contributed by atoms with van der Waals surface area (Å²) >= 11 is 6.37. The predicted molar refractivity (Wildman–Crippen MR) is 78.1 cm³/mol. The van der Waals surface area contributed by atoms with Crippen LogP contribution in [0.1, 0.15) is 0 Å². The van der Waals surface area contributed by atoms with Gasteiger partial charge in [-0.3, -0.25) is 0 Å². The van der Waals surface area contributed by atoms with Gasteiger partial charge in [-0.05, 0) is 44.0 Å². The molecule has 0 radical (unpaired) electrons. The Morgan fingerprint density at radius 2 is 1.89 bits per heavy atom. The summed E-state index contributed by atoms with van der Waals surface area (Å²) in [7, 11) is -2.23. The molecule has 102 valence electrons. The summed E-state index contributed by atoms with van der Waals surface area (Å²) in [5, 5.41) is 3.79. The van der Waals surface area contributed by atoms with Crippen LogP contribution < -0.4 is 10.5 Å². The SMILES string of the molecule is Cn1ncnc1NS(=O)(=O)c1c(Br)cc(N)cc1Br. The summed E-state index contributed by atoms with van der Waals surface area (Å²) in [6, 6.07) is 3.02. The molecule has 19 heavy (non-hydrogen) atoms. The van der Waals surface area contributed by atoms with E-state index in [9.17, 15) is 8.42 Å². The number of hydrogen-bond donors (Lipinski definition) is 2. The molecular formula is C9H9Br2N5O2S. The van der Waals surface area contributed by atoms with Crippen LogP contribution in [0.5, 0.6) is 0 Å². The molecule has 1 heterocycles. The largest absolute Gasteiger partial charge is 0.399 e. The van der Waals surface area contributed by atoms with Gasteiger partial charge < -0.3 is 5.73 Å². The average molecular weight is 411 g/mol. The summed E-state index contributed by atoms with van der Waals surface area (Å²) in [6.07, 6.45) is 1.25. The van der Waals surface area contributed by atoms with Gasteiger partial charge in [0.15, 0.2) is 0 Å². The fraction of sp³-hybridized carbons (Fsp3) is 0.111. The molecule has 0 aliphatic heterocycles. The van der Waals surface area contributed by atoms with E-state index < -0.39 is 10.0 Å². The maximum Gasteiger partial charge on any atom is 0.266 e. The molecule has 0 bridgehead atoms. The van der Waals surface area contributed by atoms with Gasteiger partial charge in [-0.1, -0.05) is 0 Å². The predicted octanol–water partition coefficient (Wildman–Crippen LogP) is 1.72. The Labute approximate surface area is 126 Å². The molecule has 0 aliphatic carbocycles. The van der Waals surface area contributed by atoms with Gasteiger partial charge in [-0.25, -0.2) is 17.8 Å². The molecule has 10 heteroatoms. The highest BCUT2D eigenvalue weighted by Gasteiger charge is 2.23. The highest BCUT2D eigenvalue weighted by Crippen LogP contribution is 2.33. The Kier molecular flexibility index (Phi) is 3.83. The van der Waals surface area contributed by atoms with Crippen LogP contribution in [-0.4, -0.2) is 23.2 Å². The molecule has 0 atom stereocenters. The van der Waals surface area contributed by atoms with Gasteiger partial charge in [0.05, 0.1) is 0 Å². The number of hydrogen-bond acceptors (Lipinski definition) is 5. The molecule has 0 unspecified atom stereocenters. The van der Waals surface area contributed by atoms with Crippen molar-refractivity contribution < 1.29 is 8.42 Å². The van der Waals surface area contributed by atoms with E-state index in [4.69, 9.17) is 5.73 Å². The van der Waals surface area contributed by atoms with E-state index in [-0.39, 0.29) is 10.8 Å². The zero-order chi connectivity index (χ0) is 14.2. The third kappa shape index (κ3) is 2.90. The van der Waals surface area contributed by atoms with Gasteiger partial charge in [0.1, 0.15) is 11.2 Å². The Bertz CT molecular complexity index is 705. The average Bonchev–Trinajstić information content (AvgIpc) is 2.61. The number of nitrogen functional groups attached to an aromatic ring is 1. The number of nitrogens with two attached hydrogens (primary N) is 1. The van der Waals surface area contributed by atoms with Crippen molar-refractivity contribution in [2.24, 2.45) is 7.05 Å². The first-order chi connectivity index (χ1) is 8.81. The number of nitrogens with one attached hydrogen (secondary N) is 1. The zero-order valence-electron chi connectivity index (χ0n) is 9.63. The lowest BCUT2D eigenvalue weighted by Gasteiger charge is -2.11. The van der Waals surface area contributed by atoms with Crippen LogP contribution in [0.2, 0.25) is 0 Å². The Hall–Kier alpha value is -1.13. The van der Waals surface area contributed by atoms with Crippen LogP contribution in [0, 0.1) is 0 Å². The van der Waals surface area contributed by atoms with Crippen molar-refractivity contribution in [3.05, 3.63) is 27.4 Å². The summed E-state index contributed by atoms with van der Waals surface area (Å²) in [5.41, 5.74) is 6.07. The van der Waals surface area contributed by atoms with E-state index in [0.717, 1.165) is 0 Å². The van der Waals surface area contributed by atoms with Crippen LogP contribution in [0.15, 0.2) is 32.3 Å². The number of benzene rings is 1. The van der Waals surface area contributed by atoms with Crippen molar-refractivity contribution in [3.63, 3.8) is 0 Å². The third-order valence-corrected chi connectivity index (χ3v) is 5.43. The number of nitrogens with zero attached hydrogens (tertiary/aromatic N) is 3. The number of aryl methyl sites for hydroxylation is 1. The highest BCUT2D eigenvalue weighted by molar-refractivity contribution is 9.11. The van der Waals surface area contributed by atoms with E-state index in [1.165, 1.54) is 23.1 Å². The minimum Gasteiger partial charge on any atom is -0.399 e. The van der Waals surface area contributed by atoms with Crippen molar-refractivity contribution >= 4 is 53.5 Å². The first-order valence-corrected chi connectivity index (χ1v) is 7.99. The summed E-state index contributed by atoms with van der Waals surface area (Å²) in [5.74, 6) is 0.121. The second-order valence-electron chi connectivity index (χ2n) is 3.63. The van der Waals surface area contributed by atoms with Gasteiger partial charge in [-0.15, -0.1) is 0 Å². The van der Waals surface area contributed by atoms with Crippen molar-refractivity contribution in [1.29, 1.82) is 0 Å². The summed E-state index contributed by atoms with van der Waals surface area (Å²) in [6.45, 7) is 0. The lowest BCUT2D eigenvalue weighted by Crippen LogP contribution is -2.17. The van der Waals surface area contributed by atoms with Crippen molar-refractivity contribution in [3.8, 4) is 0 Å². The molecule has 0 spiro atoms. The molecule has 0 aliphatic rings. The standard InChI is InChI=1S/C9H9Br2N5O2S/c1-16-9(13-4-14-16)15-19(17,18)8-6(10)2-5(12)3-7(8)11/h2-4H,12H2,1H3,(H,13,14,15). The number of halogens is 2. The molecule has 0 saturated carbocycles. The van der Waals surface area contributed by atoms with Crippen molar-refractivity contribution in [2.45, 2.75) is 4.90 Å². The van der Waals surface area contributed by atoms with Gasteiger partial charge in [0.2, 0.25) is 5.95 Å². The van der Waals surface area contributed by atoms with Gasteiger partial charge >= 0.3 is 0 Å². The van der Waals surface area contributed by atoms with Gasteiger partial charge in [-0.2, -0.15) is 10.1 Å². The fourth-order valence-electron chi connectivity index (χ4n) is 1.40. The first kappa shape index (κ1) is 14.3. The quantitative estimate of drug-likeness (QED) is 0.750. The zero-order valence-corrected chi connectivity index (χ0v) is 13.6. The molecule has 3 N–H and O–H groups in total. The molecule has 1 aromatic carbocycles. The third-order valence-electron chi connectivity index (χ3n) is 2.23. The van der Waals surface area contributed by atoms with Gasteiger partial charge in [0.25, 0.3) is 10.0 Å². The first-order valence-electron chi connectivity index (χ1n) is 4.92. The molecule has 0 saturated heterocycles. The Morgan fingerprint density at radius 1 is 1.32 bits per heavy atom. The Balaban J connectivity index is 2.49. The number of rotatable bonds is 3. The van der Waals surface area contributed by atoms with E-state index >= 15 is 0 Å². The van der Waals surface area contributed by atoms with Crippen LogP contribution in [0.4, 0.5) is 11.6 Å². The second kappa shape index (κ2) is 5.10. The fourth-order valence-corrected chi connectivity index (χ4v) is 5.06. The molecular weight excluding hydrogens is 402 g/mol. The lowest BCUT2D eigenvalue weighted by atomic mass is 10.3. The van der Waals surface area contributed by atoms with Crippen molar-refractivity contribution in [2.75, 3.05) is 10.5 Å². The monoisotopic (exact) mass is 409 g/mol. The minimum absolute atomic E-state index is 0.0460. The molecule has 2 rings (SSSR count). The molecule has 0 fully saturated rings. The van der Waals surface area contributed by atoms with Crippen LogP contribution in [-0.2, 0) is 17.1 Å². The lowest BCUT2D eigenvalue weighted by molar-refractivity contribution is 0.599. The highest BCUT2D eigenvalue weighted by atomic mass is 79.9. The maximum absolute atomic E-state index is 12.3. The van der Waals surface area contributed by atoms with E-state index in [1.807, 2.05) is 0 Å². The summed E-state index contributed by atoms with van der Waals surface area (Å²) < 4.78 is 29.0. The number of sulfonamides is 1. The number of aromatic nitrogens is 3. The maximum atomic E-state index is 12.3. The van der Waals surface area contributed by atoms with Crippen molar-refractivity contribution in [1.82, 2.24) is 14.8 Å². The molecule has 2 aromatic rings. The minimum atomic E-state index is -3.81. The topological polar surface area (TPSA) is 103 Å². The van der Waals surface area contributed by atoms with Crippen LogP contribution in [0.25, 0.3) is 0 Å². The normalized spacial score (nSPS) is 11.5.